The molecule has 0 aliphatic rings. The number of allylic oxidation sites excluding steroid dienone is 12. The van der Waals surface area contributed by atoms with Crippen molar-refractivity contribution in [2.75, 3.05) is 54.1 Å². The fraction of sp³-hybridized carbons (Fsp3) is 0.750. The third kappa shape index (κ3) is 48.8. The summed E-state index contributed by atoms with van der Waals surface area (Å²) in [7, 11) is 1.65. The van der Waals surface area contributed by atoms with Crippen LogP contribution in [0, 0.1) is 0 Å². The van der Waals surface area contributed by atoms with Crippen molar-refractivity contribution in [3.63, 3.8) is 0 Å². The van der Waals surface area contributed by atoms with Gasteiger partial charge in [-0.05, 0) is 83.5 Å². The predicted molar refractivity (Wildman–Crippen MR) is 261 cm³/mol. The number of hydrogen-bond acceptors (Lipinski definition) is 6. The average molecular weight is 877 g/mol. The fourth-order valence-electron chi connectivity index (χ4n) is 6.46. The molecule has 0 aromatic heterocycles. The normalized spacial score (nSPS) is 14.3. The number of carbonyl (C=O) groups is 1. The standard InChI is InChI=1S/C52H94NO7P/c1-6-8-10-12-14-16-18-20-22-24-25-26-27-28-30-32-34-36-38-40-42-44-47-57-49-51(50-59-61(55,56)58-48-46-53(3,4)5)60-52(54)45-43-41-39-37-35-33-31-29-23-21-19-17-15-13-11-9-7-2/h8,10,14-17,20-23,25-26,51H,6-7,9,11-13,18-19,24,27-50H2,1-5H3/p+1/b10-8-,16-14-,17-15-,22-20-,23-21-,26-25-. The molecule has 2 unspecified atom stereocenters. The molecule has 0 spiro atoms. The van der Waals surface area contributed by atoms with E-state index in [-0.39, 0.29) is 25.8 Å². The summed E-state index contributed by atoms with van der Waals surface area (Å²) in [6.45, 7) is 5.46. The summed E-state index contributed by atoms with van der Waals surface area (Å²) >= 11 is 0. The molecule has 0 bridgehead atoms. The van der Waals surface area contributed by atoms with Gasteiger partial charge >= 0.3 is 13.8 Å². The smallest absolute Gasteiger partial charge is 0.457 e. The van der Waals surface area contributed by atoms with Crippen molar-refractivity contribution < 1.29 is 37.3 Å². The van der Waals surface area contributed by atoms with Gasteiger partial charge in [0.15, 0.2) is 0 Å². The summed E-state index contributed by atoms with van der Waals surface area (Å²) in [4.78, 5) is 23.0. The van der Waals surface area contributed by atoms with Gasteiger partial charge < -0.3 is 18.9 Å². The largest absolute Gasteiger partial charge is 0.472 e. The SMILES string of the molecule is CC/C=C\C/C=C\C/C=C\C/C=C\CCCCCCCCCCCOCC(COP(=O)(O)OCC[N+](C)(C)C)OC(=O)CCCCCCCCC/C=C\C/C=C\CCCCC. The molecule has 354 valence electrons. The number of ether oxygens (including phenoxy) is 2. The molecule has 0 saturated carbocycles. The minimum absolute atomic E-state index is 0.0824. The first-order valence-corrected chi connectivity index (χ1v) is 26.2. The Bertz CT molecular complexity index is 1200. The van der Waals surface area contributed by atoms with E-state index >= 15 is 0 Å². The van der Waals surface area contributed by atoms with Gasteiger partial charge in [0.2, 0.25) is 0 Å². The number of nitrogens with zero attached hydrogens (tertiary/aromatic N) is 1. The van der Waals surface area contributed by atoms with Crippen molar-refractivity contribution in [1.29, 1.82) is 0 Å². The Morgan fingerprint density at radius 1 is 0.525 bits per heavy atom. The van der Waals surface area contributed by atoms with E-state index in [0.29, 0.717) is 24.1 Å². The second-order valence-electron chi connectivity index (χ2n) is 17.5. The van der Waals surface area contributed by atoms with Gasteiger partial charge in [-0.25, -0.2) is 4.57 Å². The van der Waals surface area contributed by atoms with Crippen LogP contribution < -0.4 is 0 Å². The van der Waals surface area contributed by atoms with Gasteiger partial charge in [-0.2, -0.15) is 0 Å². The lowest BCUT2D eigenvalue weighted by Crippen LogP contribution is -2.37. The van der Waals surface area contributed by atoms with E-state index in [1.165, 1.54) is 103 Å². The summed E-state index contributed by atoms with van der Waals surface area (Å²) in [5, 5.41) is 0. The van der Waals surface area contributed by atoms with E-state index in [2.05, 4.69) is 86.8 Å². The van der Waals surface area contributed by atoms with Crippen molar-refractivity contribution in [2.24, 2.45) is 0 Å². The molecule has 0 aliphatic heterocycles. The summed E-state index contributed by atoms with van der Waals surface area (Å²) in [6.07, 6.45) is 57.9. The molecule has 0 aromatic rings. The minimum atomic E-state index is -4.29. The number of quaternary nitrogens is 1. The molecule has 0 aliphatic carbocycles. The highest BCUT2D eigenvalue weighted by Gasteiger charge is 2.26. The monoisotopic (exact) mass is 877 g/mol. The number of phosphoric acid groups is 1. The van der Waals surface area contributed by atoms with Gasteiger partial charge in [0.25, 0.3) is 0 Å². The summed E-state index contributed by atoms with van der Waals surface area (Å²) in [5.74, 6) is -0.326. The topological polar surface area (TPSA) is 91.3 Å². The molecule has 0 aromatic carbocycles. The van der Waals surface area contributed by atoms with E-state index in [1.807, 2.05) is 21.1 Å². The van der Waals surface area contributed by atoms with Gasteiger partial charge in [-0.15, -0.1) is 0 Å². The van der Waals surface area contributed by atoms with E-state index in [4.69, 9.17) is 18.5 Å². The molecule has 8 nitrogen and oxygen atoms in total. The Labute approximate surface area is 376 Å². The van der Waals surface area contributed by atoms with Crippen LogP contribution in [0.1, 0.15) is 194 Å². The molecule has 61 heavy (non-hydrogen) atoms. The second-order valence-corrected chi connectivity index (χ2v) is 18.9. The number of rotatable bonds is 45. The molecule has 2 atom stereocenters. The van der Waals surface area contributed by atoms with Crippen molar-refractivity contribution in [1.82, 2.24) is 0 Å². The molecule has 9 heteroatoms. The summed E-state index contributed by atoms with van der Waals surface area (Å²) < 4.78 is 35.1. The van der Waals surface area contributed by atoms with Crippen molar-refractivity contribution in [2.45, 2.75) is 200 Å². The van der Waals surface area contributed by atoms with Crippen molar-refractivity contribution in [3.8, 4) is 0 Å². The number of carbonyl (C=O) groups excluding carboxylic acids is 1. The van der Waals surface area contributed by atoms with E-state index in [0.717, 1.165) is 70.6 Å². The molecule has 0 amide bonds. The van der Waals surface area contributed by atoms with Crippen LogP contribution in [0.4, 0.5) is 0 Å². The van der Waals surface area contributed by atoms with Crippen LogP contribution in [-0.4, -0.2) is 75.6 Å². The highest BCUT2D eigenvalue weighted by Crippen LogP contribution is 2.43. The van der Waals surface area contributed by atoms with E-state index < -0.39 is 13.9 Å². The molecule has 0 fully saturated rings. The van der Waals surface area contributed by atoms with Crippen molar-refractivity contribution >= 4 is 13.8 Å². The predicted octanol–water partition coefficient (Wildman–Crippen LogP) is 15.1. The number of unbranched alkanes of at least 4 members (excludes halogenated alkanes) is 19. The zero-order chi connectivity index (χ0) is 44.8. The van der Waals surface area contributed by atoms with Crippen LogP contribution in [0.15, 0.2) is 72.9 Å². The van der Waals surface area contributed by atoms with Crippen LogP contribution in [0.3, 0.4) is 0 Å². The van der Waals surface area contributed by atoms with Gasteiger partial charge in [-0.3, -0.25) is 13.8 Å². The maximum atomic E-state index is 12.7. The maximum Gasteiger partial charge on any atom is 0.472 e. The zero-order valence-electron chi connectivity index (χ0n) is 40.1. The van der Waals surface area contributed by atoms with Gasteiger partial charge in [0, 0.05) is 13.0 Å². The Morgan fingerprint density at radius 2 is 0.951 bits per heavy atom. The van der Waals surface area contributed by atoms with Gasteiger partial charge in [-0.1, -0.05) is 177 Å². The average Bonchev–Trinajstić information content (AvgIpc) is 3.22. The first-order valence-electron chi connectivity index (χ1n) is 24.7. The number of esters is 1. The maximum absolute atomic E-state index is 12.7. The highest BCUT2D eigenvalue weighted by atomic mass is 31.2. The Balaban J connectivity index is 4.19. The Morgan fingerprint density at radius 3 is 1.43 bits per heavy atom. The van der Waals surface area contributed by atoms with Crippen LogP contribution in [0.5, 0.6) is 0 Å². The van der Waals surface area contributed by atoms with E-state index in [1.54, 1.807) is 0 Å². The number of likely N-dealkylation sites (N-methyl/N-ethyl adjacent to an activating group) is 1. The van der Waals surface area contributed by atoms with Crippen LogP contribution in [0.2, 0.25) is 0 Å². The van der Waals surface area contributed by atoms with Crippen molar-refractivity contribution in [3.05, 3.63) is 72.9 Å². The number of phosphoric ester groups is 1. The third-order valence-corrected chi connectivity index (χ3v) is 11.2. The first-order chi connectivity index (χ1) is 29.6. The summed E-state index contributed by atoms with van der Waals surface area (Å²) in [6, 6.07) is 0. The molecular weight excluding hydrogens is 782 g/mol. The second kappa shape index (κ2) is 44.5. The molecule has 0 saturated heterocycles. The van der Waals surface area contributed by atoms with E-state index in [9.17, 15) is 14.3 Å². The first kappa shape index (κ1) is 58.9. The molecular formula is C52H95NO7P+. The molecule has 0 rings (SSSR count). The highest BCUT2D eigenvalue weighted by molar-refractivity contribution is 7.47. The van der Waals surface area contributed by atoms with Crippen LogP contribution >= 0.6 is 7.82 Å². The lowest BCUT2D eigenvalue weighted by Gasteiger charge is -2.24. The summed E-state index contributed by atoms with van der Waals surface area (Å²) in [5.41, 5.74) is 0. The van der Waals surface area contributed by atoms with Gasteiger partial charge in [0.1, 0.15) is 19.3 Å². The van der Waals surface area contributed by atoms with Crippen LogP contribution in [-0.2, 0) is 27.9 Å². The quantitative estimate of drug-likeness (QED) is 0.0214. The Kier molecular flexibility index (Phi) is 43.0. The lowest BCUT2D eigenvalue weighted by atomic mass is 10.1. The molecule has 1 N–H and O–H groups in total. The fourth-order valence-corrected chi connectivity index (χ4v) is 7.20. The zero-order valence-corrected chi connectivity index (χ0v) is 41.0. The van der Waals surface area contributed by atoms with Gasteiger partial charge in [0.05, 0.1) is 34.4 Å². The molecule has 0 heterocycles. The lowest BCUT2D eigenvalue weighted by molar-refractivity contribution is -0.870. The Hall–Kier alpha value is -2.06. The third-order valence-electron chi connectivity index (χ3n) is 10.3. The number of hydrogen-bond donors (Lipinski definition) is 1. The minimum Gasteiger partial charge on any atom is -0.457 e. The van der Waals surface area contributed by atoms with Crippen LogP contribution in [0.25, 0.3) is 0 Å². The molecule has 0 radical (unpaired) electrons.